The Bertz CT molecular complexity index is 317. The minimum absolute atomic E-state index is 0.108. The van der Waals surface area contributed by atoms with Crippen molar-refractivity contribution in [2.24, 2.45) is 0 Å². The van der Waals surface area contributed by atoms with Gasteiger partial charge in [0.25, 0.3) is 0 Å². The first kappa shape index (κ1) is 18.5. The molecule has 1 fully saturated rings. The zero-order valence-corrected chi connectivity index (χ0v) is 14.3. The van der Waals surface area contributed by atoms with E-state index in [0.717, 1.165) is 31.0 Å². The molecule has 1 unspecified atom stereocenters. The summed E-state index contributed by atoms with van der Waals surface area (Å²) < 4.78 is 4.94. The lowest BCUT2D eigenvalue weighted by Crippen LogP contribution is -2.41. The Morgan fingerprint density at radius 1 is 1.19 bits per heavy atom. The van der Waals surface area contributed by atoms with E-state index in [9.17, 15) is 9.59 Å². The van der Waals surface area contributed by atoms with Gasteiger partial charge in [0.2, 0.25) is 0 Å². The zero-order valence-electron chi connectivity index (χ0n) is 13.4. The van der Waals surface area contributed by atoms with Gasteiger partial charge >= 0.3 is 5.97 Å². The summed E-state index contributed by atoms with van der Waals surface area (Å²) in [6.07, 6.45) is 5.96. The van der Waals surface area contributed by atoms with Gasteiger partial charge in [0.05, 0.1) is 13.0 Å². The highest BCUT2D eigenvalue weighted by Crippen LogP contribution is 2.19. The molecule has 0 aromatic heterocycles. The first-order chi connectivity index (χ1) is 10.1. The molecule has 4 nitrogen and oxygen atoms in total. The van der Waals surface area contributed by atoms with E-state index in [-0.39, 0.29) is 11.8 Å². The molecule has 0 amide bonds. The number of hydrogen-bond acceptors (Lipinski definition) is 5. The molecule has 21 heavy (non-hydrogen) atoms. The van der Waals surface area contributed by atoms with Crippen LogP contribution in [-0.4, -0.2) is 53.9 Å². The van der Waals surface area contributed by atoms with E-state index in [1.165, 1.54) is 19.3 Å². The minimum atomic E-state index is -0.108. The van der Waals surface area contributed by atoms with E-state index in [4.69, 9.17) is 4.74 Å². The van der Waals surface area contributed by atoms with Crippen LogP contribution in [0.5, 0.6) is 0 Å². The van der Waals surface area contributed by atoms with Gasteiger partial charge in [-0.3, -0.25) is 9.69 Å². The molecule has 1 aliphatic heterocycles. The number of nitrogens with zero attached hydrogens (tertiary/aromatic N) is 1. The van der Waals surface area contributed by atoms with Crippen LogP contribution in [0.1, 0.15) is 52.4 Å². The second kappa shape index (κ2) is 11.1. The molecule has 0 aromatic rings. The number of ketones is 1. The van der Waals surface area contributed by atoms with Crippen molar-refractivity contribution >= 4 is 23.5 Å². The fourth-order valence-corrected chi connectivity index (χ4v) is 3.76. The van der Waals surface area contributed by atoms with Crippen LogP contribution in [-0.2, 0) is 14.3 Å². The third-order valence-corrected chi connectivity index (χ3v) is 4.92. The monoisotopic (exact) mass is 315 g/mol. The molecule has 5 heteroatoms. The summed E-state index contributed by atoms with van der Waals surface area (Å²) in [4.78, 5) is 25.1. The molecule has 1 saturated heterocycles. The number of esters is 1. The zero-order chi connectivity index (χ0) is 15.5. The van der Waals surface area contributed by atoms with Crippen LogP contribution in [0.3, 0.4) is 0 Å². The maximum Gasteiger partial charge on any atom is 0.306 e. The van der Waals surface area contributed by atoms with Crippen molar-refractivity contribution in [3.05, 3.63) is 0 Å². The predicted octanol–water partition coefficient (Wildman–Crippen LogP) is 2.90. The first-order valence-corrected chi connectivity index (χ1v) is 9.25. The Balaban J connectivity index is 2.30. The SMILES string of the molecule is CCOC(=O)CCSCC(CCC(C)=O)N1CCCCC1. The van der Waals surface area contributed by atoms with Gasteiger partial charge in [-0.15, -0.1) is 0 Å². The molecule has 0 radical (unpaired) electrons. The molecule has 0 spiro atoms. The van der Waals surface area contributed by atoms with Gasteiger partial charge in [0, 0.05) is 24.0 Å². The van der Waals surface area contributed by atoms with E-state index in [1.807, 2.05) is 18.7 Å². The molecule has 1 heterocycles. The number of likely N-dealkylation sites (tertiary alicyclic amines) is 1. The summed E-state index contributed by atoms with van der Waals surface area (Å²) in [5.41, 5.74) is 0. The molecule has 122 valence electrons. The summed E-state index contributed by atoms with van der Waals surface area (Å²) in [5.74, 6) is 1.98. The molecule has 0 saturated carbocycles. The average Bonchev–Trinajstić information content (AvgIpc) is 2.47. The van der Waals surface area contributed by atoms with Gasteiger partial charge in [-0.25, -0.2) is 0 Å². The lowest BCUT2D eigenvalue weighted by molar-refractivity contribution is -0.142. The molecular weight excluding hydrogens is 286 g/mol. The van der Waals surface area contributed by atoms with Crippen molar-refractivity contribution in [2.45, 2.75) is 58.4 Å². The minimum Gasteiger partial charge on any atom is -0.466 e. The highest BCUT2D eigenvalue weighted by Gasteiger charge is 2.21. The van der Waals surface area contributed by atoms with Gasteiger partial charge in [-0.1, -0.05) is 6.42 Å². The van der Waals surface area contributed by atoms with Gasteiger partial charge in [0.15, 0.2) is 0 Å². The highest BCUT2D eigenvalue weighted by molar-refractivity contribution is 7.99. The number of ether oxygens (including phenoxy) is 1. The van der Waals surface area contributed by atoms with Crippen molar-refractivity contribution in [2.75, 3.05) is 31.2 Å². The fraction of sp³-hybridized carbons (Fsp3) is 0.875. The Morgan fingerprint density at radius 3 is 2.52 bits per heavy atom. The first-order valence-electron chi connectivity index (χ1n) is 8.10. The second-order valence-corrected chi connectivity index (χ2v) is 6.77. The number of carbonyl (C=O) groups is 2. The largest absolute Gasteiger partial charge is 0.466 e. The van der Waals surface area contributed by atoms with Gasteiger partial charge in [-0.05, 0) is 46.2 Å². The van der Waals surface area contributed by atoms with E-state index in [0.29, 0.717) is 25.5 Å². The van der Waals surface area contributed by atoms with Crippen LogP contribution in [0.2, 0.25) is 0 Å². The number of hydrogen-bond donors (Lipinski definition) is 0. The van der Waals surface area contributed by atoms with Crippen LogP contribution in [0.4, 0.5) is 0 Å². The summed E-state index contributed by atoms with van der Waals surface area (Å²) in [6.45, 7) is 6.26. The van der Waals surface area contributed by atoms with Crippen LogP contribution >= 0.6 is 11.8 Å². The van der Waals surface area contributed by atoms with Gasteiger partial charge < -0.3 is 9.53 Å². The van der Waals surface area contributed by atoms with Crippen molar-refractivity contribution < 1.29 is 14.3 Å². The van der Waals surface area contributed by atoms with Crippen molar-refractivity contribution in [3.63, 3.8) is 0 Å². The Kier molecular flexibility index (Phi) is 9.76. The van der Waals surface area contributed by atoms with Crippen molar-refractivity contribution in [1.29, 1.82) is 0 Å². The number of rotatable bonds is 10. The van der Waals surface area contributed by atoms with Gasteiger partial charge in [0.1, 0.15) is 5.78 Å². The maximum atomic E-state index is 11.3. The fourth-order valence-electron chi connectivity index (χ4n) is 2.63. The normalized spacial score (nSPS) is 17.4. The molecule has 1 aliphatic rings. The molecular formula is C16H29NO3S. The van der Waals surface area contributed by atoms with E-state index in [2.05, 4.69) is 4.90 Å². The second-order valence-electron chi connectivity index (χ2n) is 5.62. The Hall–Kier alpha value is -0.550. The van der Waals surface area contributed by atoms with Crippen LogP contribution < -0.4 is 0 Å². The smallest absolute Gasteiger partial charge is 0.306 e. The topological polar surface area (TPSA) is 46.6 Å². The quantitative estimate of drug-likeness (QED) is 0.458. The average molecular weight is 315 g/mol. The maximum absolute atomic E-state index is 11.3. The van der Waals surface area contributed by atoms with Crippen LogP contribution in [0.15, 0.2) is 0 Å². The Morgan fingerprint density at radius 2 is 1.90 bits per heavy atom. The van der Waals surface area contributed by atoms with Gasteiger partial charge in [-0.2, -0.15) is 11.8 Å². The molecule has 0 aromatic carbocycles. The summed E-state index contributed by atoms with van der Waals surface area (Å²) in [6, 6.07) is 0.474. The van der Waals surface area contributed by atoms with E-state index < -0.39 is 0 Å². The summed E-state index contributed by atoms with van der Waals surface area (Å²) in [7, 11) is 0. The number of piperidine rings is 1. The van der Waals surface area contributed by atoms with E-state index in [1.54, 1.807) is 6.92 Å². The standard InChI is InChI=1S/C16H29NO3S/c1-3-20-16(19)9-12-21-13-15(8-7-14(2)18)17-10-5-4-6-11-17/h15H,3-13H2,1-2H3. The lowest BCUT2D eigenvalue weighted by Gasteiger charge is -2.34. The number of thioether (sulfide) groups is 1. The molecule has 0 aliphatic carbocycles. The molecule has 1 atom stereocenters. The van der Waals surface area contributed by atoms with E-state index >= 15 is 0 Å². The molecule has 1 rings (SSSR count). The summed E-state index contributed by atoms with van der Waals surface area (Å²) in [5, 5.41) is 0. The molecule has 0 N–H and O–H groups in total. The third kappa shape index (κ3) is 8.47. The number of carbonyl (C=O) groups excluding carboxylic acids is 2. The Labute approximate surface area is 133 Å². The lowest BCUT2D eigenvalue weighted by atomic mass is 10.0. The van der Waals surface area contributed by atoms with Crippen molar-refractivity contribution in [3.8, 4) is 0 Å². The van der Waals surface area contributed by atoms with Crippen LogP contribution in [0.25, 0.3) is 0 Å². The number of Topliss-reactive ketones (excluding diaryl/α,β-unsaturated/α-hetero) is 1. The van der Waals surface area contributed by atoms with Crippen molar-refractivity contribution in [1.82, 2.24) is 4.90 Å². The summed E-state index contributed by atoms with van der Waals surface area (Å²) >= 11 is 1.81. The van der Waals surface area contributed by atoms with Crippen LogP contribution in [0, 0.1) is 0 Å². The predicted molar refractivity (Wildman–Crippen MR) is 87.7 cm³/mol. The molecule has 0 bridgehead atoms. The third-order valence-electron chi connectivity index (χ3n) is 3.80. The highest BCUT2D eigenvalue weighted by atomic mass is 32.2.